The molecule has 3 N–H and O–H groups in total. The summed E-state index contributed by atoms with van der Waals surface area (Å²) in [6.45, 7) is 6.05. The highest BCUT2D eigenvalue weighted by Gasteiger charge is 2.32. The van der Waals surface area contributed by atoms with E-state index < -0.39 is 0 Å². The molecule has 0 aromatic rings. The smallest absolute Gasteiger partial charge is 0.0645 e. The Hall–Kier alpha value is -0.120. The lowest BCUT2D eigenvalue weighted by Crippen LogP contribution is -2.50. The highest BCUT2D eigenvalue weighted by Crippen LogP contribution is 2.38. The molecule has 3 nitrogen and oxygen atoms in total. The molecule has 1 atom stereocenters. The van der Waals surface area contributed by atoms with Crippen molar-refractivity contribution in [3.05, 3.63) is 0 Å². The molecular formula is C15H30N2O. The standard InChI is InChI=1S/C15H30N2O/c1-14(6-5-11-18-13-14)17-10-9-15(12-16)7-3-2-4-8-15/h17H,2-13,16H2,1H3. The normalized spacial score (nSPS) is 32.3. The average molecular weight is 254 g/mol. The molecule has 3 heteroatoms. The van der Waals surface area contributed by atoms with Crippen molar-refractivity contribution < 1.29 is 4.74 Å². The van der Waals surface area contributed by atoms with Crippen molar-refractivity contribution in [1.82, 2.24) is 5.32 Å². The van der Waals surface area contributed by atoms with Crippen LogP contribution in [0, 0.1) is 5.41 Å². The molecule has 2 fully saturated rings. The van der Waals surface area contributed by atoms with Gasteiger partial charge in [-0.25, -0.2) is 0 Å². The lowest BCUT2D eigenvalue weighted by Gasteiger charge is -2.39. The average Bonchev–Trinajstić information content (AvgIpc) is 2.40. The minimum absolute atomic E-state index is 0.197. The zero-order valence-electron chi connectivity index (χ0n) is 12.0. The quantitative estimate of drug-likeness (QED) is 0.792. The first-order chi connectivity index (χ1) is 8.68. The van der Waals surface area contributed by atoms with Crippen molar-refractivity contribution in [3.8, 4) is 0 Å². The van der Waals surface area contributed by atoms with Gasteiger partial charge in [0.2, 0.25) is 0 Å². The Balaban J connectivity index is 1.75. The highest BCUT2D eigenvalue weighted by atomic mass is 16.5. The monoisotopic (exact) mass is 254 g/mol. The van der Waals surface area contributed by atoms with Crippen LogP contribution in [0.3, 0.4) is 0 Å². The first kappa shape index (κ1) is 14.3. The molecular weight excluding hydrogens is 224 g/mol. The predicted octanol–water partition coefficient (Wildman–Crippen LogP) is 2.44. The molecule has 0 spiro atoms. The minimum Gasteiger partial charge on any atom is -0.380 e. The van der Waals surface area contributed by atoms with E-state index in [1.54, 1.807) is 0 Å². The van der Waals surface area contributed by atoms with Crippen LogP contribution in [0.2, 0.25) is 0 Å². The van der Waals surface area contributed by atoms with E-state index in [4.69, 9.17) is 10.5 Å². The van der Waals surface area contributed by atoms with Gasteiger partial charge in [-0.05, 0) is 57.5 Å². The minimum atomic E-state index is 0.197. The van der Waals surface area contributed by atoms with Crippen LogP contribution < -0.4 is 11.1 Å². The van der Waals surface area contributed by atoms with Gasteiger partial charge < -0.3 is 15.8 Å². The second-order valence-electron chi connectivity index (χ2n) is 6.66. The molecule has 0 amide bonds. The third kappa shape index (κ3) is 3.69. The summed E-state index contributed by atoms with van der Waals surface area (Å²) in [5.74, 6) is 0. The van der Waals surface area contributed by atoms with Crippen LogP contribution in [0.25, 0.3) is 0 Å². The van der Waals surface area contributed by atoms with Crippen molar-refractivity contribution in [1.29, 1.82) is 0 Å². The maximum absolute atomic E-state index is 6.04. The van der Waals surface area contributed by atoms with E-state index in [-0.39, 0.29) is 5.54 Å². The summed E-state index contributed by atoms with van der Waals surface area (Å²) < 4.78 is 5.59. The van der Waals surface area contributed by atoms with Crippen LogP contribution >= 0.6 is 0 Å². The van der Waals surface area contributed by atoms with Gasteiger partial charge in [0.1, 0.15) is 0 Å². The van der Waals surface area contributed by atoms with E-state index in [0.717, 1.165) is 26.3 Å². The van der Waals surface area contributed by atoms with E-state index >= 15 is 0 Å². The number of rotatable bonds is 5. The Morgan fingerprint density at radius 3 is 2.50 bits per heavy atom. The summed E-state index contributed by atoms with van der Waals surface area (Å²) >= 11 is 0. The number of hydrogen-bond donors (Lipinski definition) is 2. The van der Waals surface area contributed by atoms with Crippen molar-refractivity contribution in [2.24, 2.45) is 11.1 Å². The fourth-order valence-electron chi connectivity index (χ4n) is 3.56. The Labute approximate surface area is 112 Å². The first-order valence-corrected chi connectivity index (χ1v) is 7.71. The molecule has 2 aliphatic rings. The molecule has 2 rings (SSSR count). The Kier molecular flexibility index (Phi) is 5.05. The highest BCUT2D eigenvalue weighted by molar-refractivity contribution is 4.89. The van der Waals surface area contributed by atoms with E-state index in [0.29, 0.717) is 5.41 Å². The molecule has 1 unspecified atom stereocenters. The largest absolute Gasteiger partial charge is 0.380 e. The molecule has 1 saturated carbocycles. The predicted molar refractivity (Wildman–Crippen MR) is 75.7 cm³/mol. The summed E-state index contributed by atoms with van der Waals surface area (Å²) in [6, 6.07) is 0. The summed E-state index contributed by atoms with van der Waals surface area (Å²) in [6.07, 6.45) is 10.5. The fraction of sp³-hybridized carbons (Fsp3) is 1.00. The SMILES string of the molecule is CC1(NCCC2(CN)CCCCC2)CCCOC1. The van der Waals surface area contributed by atoms with E-state index in [2.05, 4.69) is 12.2 Å². The molecule has 0 radical (unpaired) electrons. The van der Waals surface area contributed by atoms with Crippen LogP contribution in [-0.4, -0.2) is 31.8 Å². The lowest BCUT2D eigenvalue weighted by atomic mass is 9.72. The zero-order valence-corrected chi connectivity index (χ0v) is 12.0. The van der Waals surface area contributed by atoms with Crippen molar-refractivity contribution in [2.75, 3.05) is 26.3 Å². The number of nitrogens with one attached hydrogen (secondary N) is 1. The van der Waals surface area contributed by atoms with Crippen molar-refractivity contribution in [3.63, 3.8) is 0 Å². The van der Waals surface area contributed by atoms with Gasteiger partial charge >= 0.3 is 0 Å². The second-order valence-corrected chi connectivity index (χ2v) is 6.66. The first-order valence-electron chi connectivity index (χ1n) is 7.71. The van der Waals surface area contributed by atoms with Crippen LogP contribution in [0.4, 0.5) is 0 Å². The molecule has 1 aliphatic carbocycles. The number of ether oxygens (including phenoxy) is 1. The molecule has 0 aromatic carbocycles. The van der Waals surface area contributed by atoms with Gasteiger partial charge in [0, 0.05) is 12.1 Å². The van der Waals surface area contributed by atoms with E-state index in [9.17, 15) is 0 Å². The van der Waals surface area contributed by atoms with Crippen LogP contribution in [0.15, 0.2) is 0 Å². The van der Waals surface area contributed by atoms with Crippen molar-refractivity contribution in [2.45, 2.75) is 63.8 Å². The lowest BCUT2D eigenvalue weighted by molar-refractivity contribution is 0.0263. The maximum atomic E-state index is 6.04. The van der Waals surface area contributed by atoms with E-state index in [1.807, 2.05) is 0 Å². The van der Waals surface area contributed by atoms with Crippen LogP contribution in [0.1, 0.15) is 58.3 Å². The molecule has 1 heterocycles. The summed E-state index contributed by atoms with van der Waals surface area (Å²) in [5.41, 5.74) is 6.66. The maximum Gasteiger partial charge on any atom is 0.0645 e. The van der Waals surface area contributed by atoms with Crippen molar-refractivity contribution >= 4 is 0 Å². The molecule has 0 aromatic heterocycles. The number of nitrogens with two attached hydrogens (primary N) is 1. The van der Waals surface area contributed by atoms with Gasteiger partial charge in [0.05, 0.1) is 6.61 Å². The van der Waals surface area contributed by atoms with Gasteiger partial charge in [-0.15, -0.1) is 0 Å². The molecule has 0 bridgehead atoms. The van der Waals surface area contributed by atoms with Gasteiger partial charge in [0.25, 0.3) is 0 Å². The Morgan fingerprint density at radius 1 is 1.11 bits per heavy atom. The Bertz CT molecular complexity index is 243. The molecule has 1 aliphatic heterocycles. The molecule has 18 heavy (non-hydrogen) atoms. The van der Waals surface area contributed by atoms with Crippen LogP contribution in [-0.2, 0) is 4.74 Å². The topological polar surface area (TPSA) is 47.3 Å². The summed E-state index contributed by atoms with van der Waals surface area (Å²) in [5, 5.41) is 3.72. The summed E-state index contributed by atoms with van der Waals surface area (Å²) in [7, 11) is 0. The second kappa shape index (κ2) is 6.36. The molecule has 1 saturated heterocycles. The zero-order chi connectivity index (χ0) is 12.9. The van der Waals surface area contributed by atoms with Gasteiger partial charge in [-0.1, -0.05) is 19.3 Å². The Morgan fingerprint density at radius 2 is 1.89 bits per heavy atom. The number of hydrogen-bond acceptors (Lipinski definition) is 3. The van der Waals surface area contributed by atoms with Crippen LogP contribution in [0.5, 0.6) is 0 Å². The third-order valence-electron chi connectivity index (χ3n) is 4.99. The van der Waals surface area contributed by atoms with Gasteiger partial charge in [0.15, 0.2) is 0 Å². The third-order valence-corrected chi connectivity index (χ3v) is 4.99. The van der Waals surface area contributed by atoms with Gasteiger partial charge in [-0.3, -0.25) is 0 Å². The molecule has 106 valence electrons. The van der Waals surface area contributed by atoms with Gasteiger partial charge in [-0.2, -0.15) is 0 Å². The van der Waals surface area contributed by atoms with E-state index in [1.165, 1.54) is 51.4 Å². The summed E-state index contributed by atoms with van der Waals surface area (Å²) in [4.78, 5) is 0. The fourth-order valence-corrected chi connectivity index (χ4v) is 3.56.